The minimum atomic E-state index is -0.201. The van der Waals surface area contributed by atoms with E-state index in [9.17, 15) is 4.39 Å². The van der Waals surface area contributed by atoms with Gasteiger partial charge in [0.1, 0.15) is 5.82 Å². The van der Waals surface area contributed by atoms with Gasteiger partial charge in [-0.05, 0) is 53.6 Å². The van der Waals surface area contributed by atoms with E-state index in [2.05, 4.69) is 33.8 Å². The van der Waals surface area contributed by atoms with Crippen molar-refractivity contribution < 1.29 is 4.39 Å². The highest BCUT2D eigenvalue weighted by molar-refractivity contribution is 5.90. The number of nitrogens with zero attached hydrogens (tertiary/aromatic N) is 2. The molecule has 0 unspecified atom stereocenters. The molecule has 0 fully saturated rings. The van der Waals surface area contributed by atoms with Gasteiger partial charge in [-0.25, -0.2) is 4.39 Å². The van der Waals surface area contributed by atoms with Crippen LogP contribution in [-0.2, 0) is 6.54 Å². The Labute approximate surface area is 145 Å². The predicted molar refractivity (Wildman–Crippen MR) is 101 cm³/mol. The van der Waals surface area contributed by atoms with E-state index in [0.29, 0.717) is 6.54 Å². The Bertz CT molecular complexity index is 1030. The van der Waals surface area contributed by atoms with Gasteiger partial charge in [0, 0.05) is 29.9 Å². The lowest BCUT2D eigenvalue weighted by Gasteiger charge is -2.06. The molecule has 0 aliphatic carbocycles. The Hall–Kier alpha value is -3.20. The molecule has 0 radical (unpaired) electrons. The van der Waals surface area contributed by atoms with E-state index in [1.807, 2.05) is 48.8 Å². The van der Waals surface area contributed by atoms with Gasteiger partial charge in [-0.1, -0.05) is 36.4 Å². The third-order valence-corrected chi connectivity index (χ3v) is 4.16. The fraction of sp³-hybridized carbons (Fsp3) is 0.0455. The van der Waals surface area contributed by atoms with Gasteiger partial charge in [-0.15, -0.1) is 0 Å². The summed E-state index contributed by atoms with van der Waals surface area (Å²) in [5, 5.41) is 1.15. The van der Waals surface area contributed by atoms with Crippen LogP contribution in [0.4, 0.5) is 10.1 Å². The van der Waals surface area contributed by atoms with Gasteiger partial charge in [-0.2, -0.15) is 0 Å². The van der Waals surface area contributed by atoms with Crippen molar-refractivity contribution in [2.24, 2.45) is 4.99 Å². The fourth-order valence-electron chi connectivity index (χ4n) is 2.93. The van der Waals surface area contributed by atoms with Crippen molar-refractivity contribution >= 4 is 22.8 Å². The molecule has 0 atom stereocenters. The highest BCUT2D eigenvalue weighted by atomic mass is 19.1. The van der Waals surface area contributed by atoms with Crippen molar-refractivity contribution in [2.45, 2.75) is 6.54 Å². The average Bonchev–Trinajstić information content (AvgIpc) is 3.03. The van der Waals surface area contributed by atoms with E-state index in [-0.39, 0.29) is 5.82 Å². The van der Waals surface area contributed by atoms with E-state index < -0.39 is 0 Å². The summed E-state index contributed by atoms with van der Waals surface area (Å²) >= 11 is 0. The van der Waals surface area contributed by atoms with Crippen LogP contribution < -0.4 is 0 Å². The molecular weight excluding hydrogens is 311 g/mol. The maximum Gasteiger partial charge on any atom is 0.123 e. The number of rotatable bonds is 4. The van der Waals surface area contributed by atoms with Crippen LogP contribution in [0.5, 0.6) is 0 Å². The lowest BCUT2D eigenvalue weighted by Crippen LogP contribution is -1.98. The molecule has 0 bridgehead atoms. The molecule has 1 heterocycles. The van der Waals surface area contributed by atoms with E-state index in [1.54, 1.807) is 12.1 Å². The summed E-state index contributed by atoms with van der Waals surface area (Å²) in [4.78, 5) is 4.49. The number of fused-ring (bicyclic) bond motifs is 1. The summed E-state index contributed by atoms with van der Waals surface area (Å²) < 4.78 is 15.5. The van der Waals surface area contributed by atoms with Crippen molar-refractivity contribution in [1.82, 2.24) is 4.57 Å². The van der Waals surface area contributed by atoms with Crippen LogP contribution in [-0.4, -0.2) is 10.8 Å². The second kappa shape index (κ2) is 6.73. The largest absolute Gasteiger partial charge is 0.343 e. The first-order valence-corrected chi connectivity index (χ1v) is 8.20. The zero-order valence-corrected chi connectivity index (χ0v) is 13.6. The number of benzene rings is 3. The van der Waals surface area contributed by atoms with E-state index in [1.165, 1.54) is 6.07 Å². The molecule has 0 N–H and O–H groups in total. The SMILES string of the molecule is Fc1cccc(Cn2ccc3cc(C=Nc4ccccc4)ccc32)c1. The topological polar surface area (TPSA) is 17.3 Å². The first-order chi connectivity index (χ1) is 12.3. The fourth-order valence-corrected chi connectivity index (χ4v) is 2.93. The predicted octanol–water partition coefficient (Wildman–Crippen LogP) is 5.58. The van der Waals surface area contributed by atoms with Crippen molar-refractivity contribution in [1.29, 1.82) is 0 Å². The average molecular weight is 328 g/mol. The first-order valence-electron chi connectivity index (χ1n) is 8.20. The molecule has 0 saturated carbocycles. The van der Waals surface area contributed by atoms with Crippen molar-refractivity contribution in [3.8, 4) is 0 Å². The minimum absolute atomic E-state index is 0.201. The van der Waals surface area contributed by atoms with Gasteiger partial charge < -0.3 is 4.57 Å². The highest BCUT2D eigenvalue weighted by Gasteiger charge is 2.03. The second-order valence-electron chi connectivity index (χ2n) is 5.99. The Kier molecular flexibility index (Phi) is 4.13. The third-order valence-electron chi connectivity index (χ3n) is 4.16. The number of hydrogen-bond acceptors (Lipinski definition) is 1. The van der Waals surface area contributed by atoms with Gasteiger partial charge in [0.15, 0.2) is 0 Å². The maximum atomic E-state index is 13.4. The molecule has 25 heavy (non-hydrogen) atoms. The zero-order chi connectivity index (χ0) is 17.1. The van der Waals surface area contributed by atoms with Crippen LogP contribution in [0.3, 0.4) is 0 Å². The van der Waals surface area contributed by atoms with Crippen molar-refractivity contribution in [3.05, 3.63) is 102 Å². The summed E-state index contributed by atoms with van der Waals surface area (Å²) in [6.07, 6.45) is 3.91. The zero-order valence-electron chi connectivity index (χ0n) is 13.6. The normalized spacial score (nSPS) is 11.4. The van der Waals surface area contributed by atoms with Crippen LogP contribution in [0, 0.1) is 5.82 Å². The molecule has 4 aromatic rings. The van der Waals surface area contributed by atoms with Gasteiger partial charge in [0.25, 0.3) is 0 Å². The second-order valence-corrected chi connectivity index (χ2v) is 5.99. The van der Waals surface area contributed by atoms with Crippen LogP contribution >= 0.6 is 0 Å². The first kappa shape index (κ1) is 15.3. The number of halogens is 1. The van der Waals surface area contributed by atoms with E-state index in [4.69, 9.17) is 0 Å². The molecular formula is C22H17FN2. The van der Waals surface area contributed by atoms with E-state index >= 15 is 0 Å². The molecule has 3 aromatic carbocycles. The summed E-state index contributed by atoms with van der Waals surface area (Å²) in [6, 6.07) is 24.9. The number of aliphatic imine (C=N–C) groups is 1. The molecule has 0 amide bonds. The van der Waals surface area contributed by atoms with Gasteiger partial charge in [0.05, 0.1) is 5.69 Å². The minimum Gasteiger partial charge on any atom is -0.343 e. The molecule has 0 saturated heterocycles. The lowest BCUT2D eigenvalue weighted by atomic mass is 10.1. The quantitative estimate of drug-likeness (QED) is 0.435. The summed E-state index contributed by atoms with van der Waals surface area (Å²) in [5.74, 6) is -0.201. The van der Waals surface area contributed by atoms with Gasteiger partial charge >= 0.3 is 0 Å². The summed E-state index contributed by atoms with van der Waals surface area (Å²) in [7, 11) is 0. The smallest absolute Gasteiger partial charge is 0.123 e. The maximum absolute atomic E-state index is 13.4. The molecule has 2 nitrogen and oxygen atoms in total. The monoisotopic (exact) mass is 328 g/mol. The van der Waals surface area contributed by atoms with Crippen molar-refractivity contribution in [3.63, 3.8) is 0 Å². The lowest BCUT2D eigenvalue weighted by molar-refractivity contribution is 0.624. The van der Waals surface area contributed by atoms with E-state index in [0.717, 1.165) is 27.7 Å². The summed E-state index contributed by atoms with van der Waals surface area (Å²) in [6.45, 7) is 0.651. The summed E-state index contributed by atoms with van der Waals surface area (Å²) in [5.41, 5.74) is 4.07. The molecule has 1 aromatic heterocycles. The molecule has 4 rings (SSSR count). The molecule has 0 spiro atoms. The molecule has 122 valence electrons. The van der Waals surface area contributed by atoms with Gasteiger partial charge in [0.2, 0.25) is 0 Å². The highest BCUT2D eigenvalue weighted by Crippen LogP contribution is 2.19. The van der Waals surface area contributed by atoms with Crippen LogP contribution in [0.1, 0.15) is 11.1 Å². The number of para-hydroxylation sites is 1. The molecule has 3 heteroatoms. The Morgan fingerprint density at radius 1 is 0.880 bits per heavy atom. The standard InChI is InChI=1S/C22H17FN2/c23-20-6-4-5-18(14-20)16-25-12-11-19-13-17(9-10-22(19)25)15-24-21-7-2-1-3-8-21/h1-15H,16H2. The Balaban J connectivity index is 1.59. The number of aromatic nitrogens is 1. The van der Waals surface area contributed by atoms with Crippen LogP contribution in [0.2, 0.25) is 0 Å². The van der Waals surface area contributed by atoms with Crippen molar-refractivity contribution in [2.75, 3.05) is 0 Å². The Morgan fingerprint density at radius 2 is 1.76 bits per heavy atom. The van der Waals surface area contributed by atoms with Crippen LogP contribution in [0.25, 0.3) is 10.9 Å². The number of hydrogen-bond donors (Lipinski definition) is 0. The molecule has 0 aliphatic heterocycles. The van der Waals surface area contributed by atoms with Crippen LogP contribution in [0.15, 0.2) is 90.1 Å². The Morgan fingerprint density at radius 3 is 2.60 bits per heavy atom. The third kappa shape index (κ3) is 3.50. The van der Waals surface area contributed by atoms with Gasteiger partial charge in [-0.3, -0.25) is 4.99 Å². The molecule has 0 aliphatic rings.